The van der Waals surface area contributed by atoms with Gasteiger partial charge in [0.25, 0.3) is 0 Å². The van der Waals surface area contributed by atoms with Crippen LogP contribution in [0.25, 0.3) is 0 Å². The molecule has 0 bridgehead atoms. The van der Waals surface area contributed by atoms with Crippen LogP contribution in [0.1, 0.15) is 39.0 Å². The third kappa shape index (κ3) is 6.95. The Bertz CT molecular complexity index is 366. The van der Waals surface area contributed by atoms with Crippen molar-refractivity contribution in [3.05, 3.63) is 0 Å². The molecule has 0 aromatic heterocycles. The monoisotopic (exact) mass is 328 g/mol. The SMILES string of the molecule is CCCCCCC(=O)N(C)P(O)(=S)N(C)CS(C)=O. The molecule has 0 spiro atoms. The summed E-state index contributed by atoms with van der Waals surface area (Å²) in [6.45, 7) is -0.970. The van der Waals surface area contributed by atoms with E-state index >= 15 is 0 Å². The first-order chi connectivity index (χ1) is 8.73. The molecule has 2 atom stereocenters. The second kappa shape index (κ2) is 9.19. The Kier molecular flexibility index (Phi) is 9.28. The summed E-state index contributed by atoms with van der Waals surface area (Å²) in [4.78, 5) is 22.3. The Morgan fingerprint density at radius 3 is 2.37 bits per heavy atom. The fourth-order valence-corrected chi connectivity index (χ4v) is 4.74. The van der Waals surface area contributed by atoms with Crippen LogP contribution in [0.15, 0.2) is 0 Å². The van der Waals surface area contributed by atoms with Crippen LogP contribution in [0.4, 0.5) is 0 Å². The number of hydrogen-bond donors (Lipinski definition) is 1. The summed E-state index contributed by atoms with van der Waals surface area (Å²) >= 11 is 5.15. The summed E-state index contributed by atoms with van der Waals surface area (Å²) in [5.41, 5.74) is 0. The van der Waals surface area contributed by atoms with E-state index in [4.69, 9.17) is 11.8 Å². The Labute approximate surface area is 124 Å². The van der Waals surface area contributed by atoms with Crippen molar-refractivity contribution in [2.75, 3.05) is 26.2 Å². The van der Waals surface area contributed by atoms with Gasteiger partial charge in [0.05, 0.1) is 5.88 Å². The average molecular weight is 328 g/mol. The van der Waals surface area contributed by atoms with Crippen molar-refractivity contribution in [1.29, 1.82) is 0 Å². The zero-order valence-electron chi connectivity index (χ0n) is 12.2. The van der Waals surface area contributed by atoms with Crippen molar-refractivity contribution in [1.82, 2.24) is 9.34 Å². The molecule has 8 heteroatoms. The van der Waals surface area contributed by atoms with E-state index < -0.39 is 17.4 Å². The predicted molar refractivity (Wildman–Crippen MR) is 84.7 cm³/mol. The molecule has 19 heavy (non-hydrogen) atoms. The molecular formula is C11H25N2O3PS2. The van der Waals surface area contributed by atoms with E-state index in [-0.39, 0.29) is 11.8 Å². The summed E-state index contributed by atoms with van der Waals surface area (Å²) in [6.07, 6.45) is 6.00. The highest BCUT2D eigenvalue weighted by molar-refractivity contribution is 8.09. The summed E-state index contributed by atoms with van der Waals surface area (Å²) in [5.74, 6) is 0.0250. The number of nitrogens with zero attached hydrogens (tertiary/aromatic N) is 2. The van der Waals surface area contributed by atoms with E-state index in [2.05, 4.69) is 6.92 Å². The quantitative estimate of drug-likeness (QED) is 0.517. The predicted octanol–water partition coefficient (Wildman–Crippen LogP) is 1.90. The Morgan fingerprint density at radius 1 is 1.32 bits per heavy atom. The first kappa shape index (κ1) is 19.2. The van der Waals surface area contributed by atoms with Crippen molar-refractivity contribution >= 4 is 35.1 Å². The lowest BCUT2D eigenvalue weighted by Crippen LogP contribution is -2.32. The van der Waals surface area contributed by atoms with Gasteiger partial charge in [-0.1, -0.05) is 26.2 Å². The topological polar surface area (TPSA) is 60.9 Å². The van der Waals surface area contributed by atoms with Gasteiger partial charge in [-0.2, -0.15) is 0 Å². The fourth-order valence-electron chi connectivity index (χ4n) is 1.58. The molecule has 0 fully saturated rings. The van der Waals surface area contributed by atoms with Crippen molar-refractivity contribution in [2.45, 2.75) is 39.0 Å². The zero-order chi connectivity index (χ0) is 15.1. The van der Waals surface area contributed by atoms with Crippen LogP contribution >= 0.6 is 6.57 Å². The molecule has 0 heterocycles. The van der Waals surface area contributed by atoms with Gasteiger partial charge in [-0.3, -0.25) is 13.7 Å². The van der Waals surface area contributed by atoms with E-state index in [0.717, 1.165) is 25.7 Å². The highest BCUT2D eigenvalue weighted by Gasteiger charge is 2.29. The molecule has 1 amide bonds. The van der Waals surface area contributed by atoms with E-state index in [1.807, 2.05) is 0 Å². The molecule has 0 saturated heterocycles. The summed E-state index contributed by atoms with van der Waals surface area (Å²) in [5, 5.41) is 0. The normalized spacial score (nSPS) is 16.1. The molecule has 0 aliphatic heterocycles. The van der Waals surface area contributed by atoms with Gasteiger partial charge in [-0.15, -0.1) is 0 Å². The average Bonchev–Trinajstić information content (AvgIpc) is 2.32. The fraction of sp³-hybridized carbons (Fsp3) is 0.909. The minimum Gasteiger partial charge on any atom is -0.338 e. The first-order valence-electron chi connectivity index (χ1n) is 6.35. The molecule has 0 aromatic rings. The Hall–Kier alpha value is 0.190. The second-order valence-electron chi connectivity index (χ2n) is 4.60. The maximum Gasteiger partial charge on any atom is 0.228 e. The van der Waals surface area contributed by atoms with Gasteiger partial charge in [0.1, 0.15) is 0 Å². The van der Waals surface area contributed by atoms with Crippen LogP contribution in [-0.4, -0.2) is 50.6 Å². The molecule has 0 saturated carbocycles. The third-order valence-corrected chi connectivity index (χ3v) is 7.36. The molecule has 0 aromatic carbocycles. The molecule has 0 aliphatic rings. The van der Waals surface area contributed by atoms with Crippen LogP contribution in [0, 0.1) is 0 Å². The van der Waals surface area contributed by atoms with Crippen LogP contribution in [0.5, 0.6) is 0 Å². The molecule has 1 N–H and O–H groups in total. The van der Waals surface area contributed by atoms with E-state index in [9.17, 15) is 13.9 Å². The Morgan fingerprint density at radius 2 is 1.89 bits per heavy atom. The lowest BCUT2D eigenvalue weighted by atomic mass is 10.1. The molecule has 114 valence electrons. The van der Waals surface area contributed by atoms with Gasteiger partial charge >= 0.3 is 0 Å². The van der Waals surface area contributed by atoms with Gasteiger partial charge in [0.15, 0.2) is 0 Å². The minimum absolute atomic E-state index is 0.143. The number of rotatable bonds is 9. The smallest absolute Gasteiger partial charge is 0.228 e. The first-order valence-corrected chi connectivity index (χ1v) is 10.7. The highest BCUT2D eigenvalue weighted by atomic mass is 32.5. The van der Waals surface area contributed by atoms with E-state index in [0.29, 0.717) is 6.42 Å². The van der Waals surface area contributed by atoms with Crippen LogP contribution < -0.4 is 0 Å². The molecule has 5 nitrogen and oxygen atoms in total. The van der Waals surface area contributed by atoms with Crippen molar-refractivity contribution in [2.24, 2.45) is 0 Å². The molecular weight excluding hydrogens is 303 g/mol. The van der Waals surface area contributed by atoms with Crippen molar-refractivity contribution in [3.63, 3.8) is 0 Å². The van der Waals surface area contributed by atoms with Crippen LogP contribution in [0.3, 0.4) is 0 Å². The van der Waals surface area contributed by atoms with Crippen molar-refractivity contribution in [3.8, 4) is 0 Å². The van der Waals surface area contributed by atoms with E-state index in [1.54, 1.807) is 13.3 Å². The maximum atomic E-state index is 12.0. The summed E-state index contributed by atoms with van der Waals surface area (Å²) in [7, 11) is 2.04. The lowest BCUT2D eigenvalue weighted by Gasteiger charge is -2.33. The van der Waals surface area contributed by atoms with Gasteiger partial charge in [0.2, 0.25) is 12.5 Å². The molecule has 2 unspecified atom stereocenters. The van der Waals surface area contributed by atoms with Gasteiger partial charge in [-0.25, -0.2) is 4.67 Å². The number of amides is 1. The van der Waals surface area contributed by atoms with Crippen LogP contribution in [-0.2, 0) is 27.4 Å². The number of carbonyl (C=O) groups is 1. The third-order valence-electron chi connectivity index (χ3n) is 2.81. The largest absolute Gasteiger partial charge is 0.338 e. The maximum absolute atomic E-state index is 12.0. The molecule has 0 radical (unpaired) electrons. The number of carbonyl (C=O) groups excluding carboxylic acids is 1. The lowest BCUT2D eigenvalue weighted by molar-refractivity contribution is -0.126. The van der Waals surface area contributed by atoms with Crippen LogP contribution in [0.2, 0.25) is 0 Å². The zero-order valence-corrected chi connectivity index (χ0v) is 14.7. The number of hydrogen-bond acceptors (Lipinski definition) is 3. The standard InChI is InChI=1S/C11H25N2O3PS2/c1-5-6-7-8-9-11(14)13(3)17(15,18)12(2)10-19(4)16/h5-10H2,1-4H3,(H,15,18). The van der Waals surface area contributed by atoms with E-state index in [1.165, 1.54) is 16.4 Å². The van der Waals surface area contributed by atoms with Gasteiger partial charge in [0, 0.05) is 30.5 Å². The van der Waals surface area contributed by atoms with Gasteiger partial charge in [-0.05, 0) is 25.3 Å². The molecule has 0 aliphatic carbocycles. The minimum atomic E-state index is -3.08. The Balaban J connectivity index is 4.43. The summed E-state index contributed by atoms with van der Waals surface area (Å²) < 4.78 is 13.9. The molecule has 0 rings (SSSR count). The number of unbranched alkanes of at least 4 members (excludes halogenated alkanes) is 3. The van der Waals surface area contributed by atoms with Crippen molar-refractivity contribution < 1.29 is 13.9 Å². The van der Waals surface area contributed by atoms with Gasteiger partial charge < -0.3 is 4.89 Å². The highest BCUT2D eigenvalue weighted by Crippen LogP contribution is 2.47. The summed E-state index contributed by atoms with van der Waals surface area (Å²) in [6, 6.07) is 0. The second-order valence-corrected chi connectivity index (χ2v) is 9.78.